The molecular weight excluding hydrogens is 342 g/mol. The Bertz CT molecular complexity index is 695. The zero-order valence-electron chi connectivity index (χ0n) is 18.6. The van der Waals surface area contributed by atoms with E-state index in [0.717, 1.165) is 42.4 Å². The Morgan fingerprint density at radius 1 is 1.07 bits per heavy atom. The maximum Gasteiger partial charge on any atom is 0.0577 e. The van der Waals surface area contributed by atoms with E-state index in [4.69, 9.17) is 4.99 Å². The lowest BCUT2D eigenvalue weighted by atomic mass is 9.47. The zero-order valence-corrected chi connectivity index (χ0v) is 18.6. The summed E-state index contributed by atoms with van der Waals surface area (Å²) < 4.78 is 0. The van der Waals surface area contributed by atoms with Crippen LogP contribution in [0.2, 0.25) is 0 Å². The highest BCUT2D eigenvalue weighted by molar-refractivity contribution is 5.83. The van der Waals surface area contributed by atoms with Gasteiger partial charge < -0.3 is 5.11 Å². The van der Waals surface area contributed by atoms with Crippen molar-refractivity contribution < 1.29 is 5.11 Å². The first-order chi connectivity index (χ1) is 13.3. The smallest absolute Gasteiger partial charge is 0.0577 e. The van der Waals surface area contributed by atoms with E-state index >= 15 is 0 Å². The van der Waals surface area contributed by atoms with Crippen LogP contribution in [0, 0.1) is 40.4 Å². The van der Waals surface area contributed by atoms with Gasteiger partial charge in [0.15, 0.2) is 0 Å². The van der Waals surface area contributed by atoms with Crippen molar-refractivity contribution in [1.82, 2.24) is 0 Å². The number of aliphatic hydroxyl groups is 1. The summed E-state index contributed by atoms with van der Waals surface area (Å²) >= 11 is 0. The van der Waals surface area contributed by atoms with Crippen molar-refractivity contribution in [3.8, 4) is 0 Å². The third-order valence-corrected chi connectivity index (χ3v) is 10.6. The standard InChI is InChI=1S/C26H41NO/c1-16-5-10-24(27-16)17(2)21-8-9-22-20-7-6-18-15-19(28)11-13-25(18,3)23(20)12-14-26(21,22)4/h6,17,19-24,28H,5,7-15H2,1-4H3/t17-,19-,20+,21-,22+,23+,24-,25+,26+/m0/s1. The van der Waals surface area contributed by atoms with Gasteiger partial charge in [-0.15, -0.1) is 0 Å². The molecule has 2 nitrogen and oxygen atoms in total. The maximum atomic E-state index is 10.2. The monoisotopic (exact) mass is 383 g/mol. The van der Waals surface area contributed by atoms with Crippen LogP contribution in [0.1, 0.15) is 91.9 Å². The highest BCUT2D eigenvalue weighted by Crippen LogP contribution is 2.67. The van der Waals surface area contributed by atoms with E-state index < -0.39 is 0 Å². The normalized spacial score (nSPS) is 51.6. The summed E-state index contributed by atoms with van der Waals surface area (Å²) in [5.41, 5.74) is 3.90. The molecule has 0 spiro atoms. The van der Waals surface area contributed by atoms with Crippen LogP contribution in [0.15, 0.2) is 16.6 Å². The van der Waals surface area contributed by atoms with Crippen molar-refractivity contribution in [2.24, 2.45) is 45.4 Å². The second kappa shape index (κ2) is 6.69. The Kier molecular flexibility index (Phi) is 4.62. The first-order valence-corrected chi connectivity index (χ1v) is 12.2. The molecule has 1 aliphatic heterocycles. The largest absolute Gasteiger partial charge is 0.393 e. The molecule has 1 N–H and O–H groups in total. The van der Waals surface area contributed by atoms with Crippen LogP contribution in [-0.2, 0) is 0 Å². The molecule has 0 saturated heterocycles. The molecule has 0 aromatic rings. The Labute approximate surface area is 172 Å². The molecule has 3 fully saturated rings. The molecule has 9 atom stereocenters. The molecule has 156 valence electrons. The number of nitrogens with zero attached hydrogens (tertiary/aromatic N) is 1. The maximum absolute atomic E-state index is 10.2. The number of hydrogen-bond donors (Lipinski definition) is 1. The second-order valence-corrected chi connectivity index (χ2v) is 11.7. The van der Waals surface area contributed by atoms with E-state index in [1.807, 2.05) is 0 Å². The second-order valence-electron chi connectivity index (χ2n) is 11.7. The van der Waals surface area contributed by atoms with Crippen LogP contribution in [0.4, 0.5) is 0 Å². The minimum absolute atomic E-state index is 0.0862. The third-order valence-electron chi connectivity index (χ3n) is 10.6. The highest BCUT2D eigenvalue weighted by atomic mass is 16.3. The molecule has 0 aromatic carbocycles. The van der Waals surface area contributed by atoms with Gasteiger partial charge in [-0.1, -0.05) is 32.4 Å². The summed E-state index contributed by atoms with van der Waals surface area (Å²) in [5.74, 6) is 4.27. The quantitative estimate of drug-likeness (QED) is 0.567. The summed E-state index contributed by atoms with van der Waals surface area (Å²) in [6.45, 7) is 9.97. The summed E-state index contributed by atoms with van der Waals surface area (Å²) in [6.07, 6.45) is 15.2. The molecular formula is C26H41NO. The Morgan fingerprint density at radius 3 is 2.64 bits per heavy atom. The topological polar surface area (TPSA) is 32.6 Å². The van der Waals surface area contributed by atoms with E-state index in [9.17, 15) is 5.11 Å². The van der Waals surface area contributed by atoms with E-state index in [0.29, 0.717) is 16.9 Å². The van der Waals surface area contributed by atoms with Gasteiger partial charge >= 0.3 is 0 Å². The Morgan fingerprint density at radius 2 is 1.89 bits per heavy atom. The summed E-state index contributed by atoms with van der Waals surface area (Å²) in [6, 6.07) is 0.591. The minimum atomic E-state index is -0.0862. The van der Waals surface area contributed by atoms with Crippen molar-refractivity contribution >= 4 is 5.71 Å². The number of aliphatic hydroxyl groups excluding tert-OH is 1. The predicted octanol–water partition coefficient (Wildman–Crippen LogP) is 6.19. The van der Waals surface area contributed by atoms with Gasteiger partial charge in [0, 0.05) is 5.71 Å². The molecule has 0 unspecified atom stereocenters. The Balaban J connectivity index is 1.40. The van der Waals surface area contributed by atoms with Gasteiger partial charge in [-0.25, -0.2) is 0 Å². The van der Waals surface area contributed by atoms with Gasteiger partial charge in [-0.3, -0.25) is 4.99 Å². The molecule has 0 radical (unpaired) electrons. The summed E-state index contributed by atoms with van der Waals surface area (Å²) in [5, 5.41) is 10.2. The number of hydrogen-bond acceptors (Lipinski definition) is 2. The summed E-state index contributed by atoms with van der Waals surface area (Å²) in [7, 11) is 0. The third kappa shape index (κ3) is 2.72. The van der Waals surface area contributed by atoms with Crippen LogP contribution in [-0.4, -0.2) is 23.0 Å². The Hall–Kier alpha value is -0.630. The molecule has 3 saturated carbocycles. The van der Waals surface area contributed by atoms with Gasteiger partial charge in [0.05, 0.1) is 12.1 Å². The van der Waals surface area contributed by atoms with Gasteiger partial charge in [0.1, 0.15) is 0 Å². The summed E-state index contributed by atoms with van der Waals surface area (Å²) in [4.78, 5) is 5.04. The van der Waals surface area contributed by atoms with Gasteiger partial charge in [0.2, 0.25) is 0 Å². The van der Waals surface area contributed by atoms with Crippen molar-refractivity contribution in [1.29, 1.82) is 0 Å². The molecule has 4 aliphatic carbocycles. The minimum Gasteiger partial charge on any atom is -0.393 e. The van der Waals surface area contributed by atoms with Gasteiger partial charge in [-0.2, -0.15) is 0 Å². The fourth-order valence-corrected chi connectivity index (χ4v) is 8.96. The van der Waals surface area contributed by atoms with Crippen molar-refractivity contribution in [2.45, 2.75) is 104 Å². The van der Waals surface area contributed by atoms with Crippen molar-refractivity contribution in [3.63, 3.8) is 0 Å². The molecule has 5 aliphatic rings. The van der Waals surface area contributed by atoms with Gasteiger partial charge in [0.25, 0.3) is 0 Å². The van der Waals surface area contributed by atoms with E-state index in [1.165, 1.54) is 57.1 Å². The first-order valence-electron chi connectivity index (χ1n) is 12.2. The van der Waals surface area contributed by atoms with Crippen molar-refractivity contribution in [3.05, 3.63) is 11.6 Å². The average Bonchev–Trinajstić information content (AvgIpc) is 3.25. The number of aliphatic imine (C=N–C) groups is 1. The van der Waals surface area contributed by atoms with Crippen LogP contribution < -0.4 is 0 Å². The zero-order chi connectivity index (χ0) is 19.7. The SMILES string of the molecule is CC1=N[C@H]([C@@H](C)[C@@H]2CC[C@@H]3[C@H]4CC=C5C[C@@H](O)CC[C@@]5(C)[C@@H]4CC[C@@]32C)CC1. The van der Waals surface area contributed by atoms with Gasteiger partial charge in [-0.05, 0) is 112 Å². The molecule has 0 amide bonds. The number of rotatable bonds is 2. The number of allylic oxidation sites excluding steroid dienone is 1. The molecule has 2 heteroatoms. The lowest BCUT2D eigenvalue weighted by molar-refractivity contribution is -0.0581. The van der Waals surface area contributed by atoms with E-state index in [-0.39, 0.29) is 6.10 Å². The van der Waals surface area contributed by atoms with E-state index in [2.05, 4.69) is 33.8 Å². The lowest BCUT2D eigenvalue weighted by Gasteiger charge is -2.58. The van der Waals surface area contributed by atoms with Crippen LogP contribution in [0.5, 0.6) is 0 Å². The van der Waals surface area contributed by atoms with Crippen LogP contribution in [0.25, 0.3) is 0 Å². The molecule has 1 heterocycles. The number of fused-ring (bicyclic) bond motifs is 5. The molecule has 5 rings (SSSR count). The molecule has 0 aromatic heterocycles. The molecule has 28 heavy (non-hydrogen) atoms. The predicted molar refractivity (Wildman–Crippen MR) is 116 cm³/mol. The average molecular weight is 384 g/mol. The van der Waals surface area contributed by atoms with Crippen molar-refractivity contribution in [2.75, 3.05) is 0 Å². The van der Waals surface area contributed by atoms with E-state index in [1.54, 1.807) is 5.57 Å². The first kappa shape index (κ1) is 19.3. The lowest BCUT2D eigenvalue weighted by Crippen LogP contribution is -2.51. The molecule has 0 bridgehead atoms. The fourth-order valence-electron chi connectivity index (χ4n) is 8.96. The van der Waals surface area contributed by atoms with Crippen LogP contribution >= 0.6 is 0 Å². The highest BCUT2D eigenvalue weighted by Gasteiger charge is 2.59. The fraction of sp³-hybridized carbons (Fsp3) is 0.885. The van der Waals surface area contributed by atoms with Crippen LogP contribution in [0.3, 0.4) is 0 Å².